The quantitative estimate of drug-likeness (QED) is 0.262. The average Bonchev–Trinajstić information content (AvgIpc) is 3.60. The van der Waals surface area contributed by atoms with Gasteiger partial charge in [0.2, 0.25) is 0 Å². The van der Waals surface area contributed by atoms with Crippen LogP contribution in [0.15, 0.2) is 30.7 Å². The molecule has 39 heavy (non-hydrogen) atoms. The predicted molar refractivity (Wildman–Crippen MR) is 145 cm³/mol. The van der Waals surface area contributed by atoms with Crippen LogP contribution in [-0.2, 0) is 0 Å². The molecule has 12 nitrogen and oxygen atoms in total. The van der Waals surface area contributed by atoms with Gasteiger partial charge in [0.1, 0.15) is 5.82 Å². The van der Waals surface area contributed by atoms with E-state index in [4.69, 9.17) is 0 Å². The number of halogens is 1. The molecule has 1 unspecified atom stereocenters. The van der Waals surface area contributed by atoms with Crippen molar-refractivity contribution in [3.05, 3.63) is 42.2 Å². The number of amides is 2. The molecule has 0 aromatic carbocycles. The Balaban J connectivity index is 1.39. The van der Waals surface area contributed by atoms with Crippen LogP contribution < -0.4 is 21.3 Å². The Morgan fingerprint density at radius 2 is 1.92 bits per heavy atom. The zero-order valence-corrected chi connectivity index (χ0v) is 22.0. The maximum absolute atomic E-state index is 14.1. The standard InChI is InChI=1S/C26H34FN9O3/c1-35(2)10-8-15-11-17(5-6-19(15)33-26(38)39)31-23-12-21(30-16-3-4-16)24-29-14-22(36(24)34-23)25(37)32-20-7-9-28-13-18(20)27/h7,9,12-17,19,30,33H,3-6,8,10-11H2,1-2H3,(H,31,34)(H,38,39)(H,28,32,37)/t15?,17-,19-/m1/s1. The Hall–Kier alpha value is -4.00. The van der Waals surface area contributed by atoms with Crippen LogP contribution in [0.1, 0.15) is 49.0 Å². The minimum Gasteiger partial charge on any atom is -0.465 e. The second-order valence-corrected chi connectivity index (χ2v) is 10.6. The first-order valence-corrected chi connectivity index (χ1v) is 13.2. The third-order valence-electron chi connectivity index (χ3n) is 7.25. The zero-order valence-electron chi connectivity index (χ0n) is 22.0. The fourth-order valence-electron chi connectivity index (χ4n) is 5.11. The molecule has 3 aromatic rings. The summed E-state index contributed by atoms with van der Waals surface area (Å²) in [7, 11) is 4.02. The van der Waals surface area contributed by atoms with Gasteiger partial charge in [-0.15, -0.1) is 5.10 Å². The third-order valence-corrected chi connectivity index (χ3v) is 7.25. The molecule has 0 saturated heterocycles. The molecule has 0 radical (unpaired) electrons. The Labute approximate surface area is 225 Å². The molecule has 5 rings (SSSR count). The molecule has 2 aliphatic carbocycles. The number of fused-ring (bicyclic) bond motifs is 1. The van der Waals surface area contributed by atoms with Gasteiger partial charge in [-0.25, -0.2) is 18.7 Å². The minimum atomic E-state index is -0.998. The average molecular weight is 540 g/mol. The van der Waals surface area contributed by atoms with Gasteiger partial charge in [0, 0.05) is 30.4 Å². The summed E-state index contributed by atoms with van der Waals surface area (Å²) in [5, 5.41) is 26.3. The summed E-state index contributed by atoms with van der Waals surface area (Å²) >= 11 is 0. The molecule has 2 saturated carbocycles. The van der Waals surface area contributed by atoms with Crippen molar-refractivity contribution in [2.24, 2.45) is 5.92 Å². The second-order valence-electron chi connectivity index (χ2n) is 10.6. The predicted octanol–water partition coefficient (Wildman–Crippen LogP) is 3.26. The number of nitrogens with one attached hydrogen (secondary N) is 4. The zero-order chi connectivity index (χ0) is 27.5. The molecule has 3 heterocycles. The van der Waals surface area contributed by atoms with Crippen LogP contribution in [0.4, 0.5) is 26.4 Å². The largest absolute Gasteiger partial charge is 0.465 e. The highest BCUT2D eigenvalue weighted by Gasteiger charge is 2.32. The molecule has 13 heteroatoms. The van der Waals surface area contributed by atoms with E-state index in [1.54, 1.807) is 0 Å². The molecule has 3 aromatic heterocycles. The Morgan fingerprint density at radius 3 is 2.64 bits per heavy atom. The molecule has 208 valence electrons. The Kier molecular flexibility index (Phi) is 7.77. The Bertz CT molecular complexity index is 1340. The van der Waals surface area contributed by atoms with E-state index in [9.17, 15) is 19.1 Å². The fraction of sp³-hybridized carbons (Fsp3) is 0.500. The van der Waals surface area contributed by atoms with E-state index in [0.717, 1.165) is 50.5 Å². The van der Waals surface area contributed by atoms with Gasteiger partial charge in [-0.1, -0.05) is 0 Å². The first-order chi connectivity index (χ1) is 18.8. The molecule has 0 aliphatic heterocycles. The number of carbonyl (C=O) groups excluding carboxylic acids is 1. The van der Waals surface area contributed by atoms with Crippen molar-refractivity contribution < 1.29 is 19.1 Å². The number of hydrogen-bond acceptors (Lipinski definition) is 8. The van der Waals surface area contributed by atoms with E-state index in [-0.39, 0.29) is 29.4 Å². The van der Waals surface area contributed by atoms with Gasteiger partial charge >= 0.3 is 6.09 Å². The number of anilines is 3. The second kappa shape index (κ2) is 11.4. The maximum atomic E-state index is 14.1. The summed E-state index contributed by atoms with van der Waals surface area (Å²) in [6.45, 7) is 0.862. The normalized spacial score (nSPS) is 21.1. The maximum Gasteiger partial charge on any atom is 0.404 e. The lowest BCUT2D eigenvalue weighted by atomic mass is 9.79. The number of pyridine rings is 1. The van der Waals surface area contributed by atoms with Crippen molar-refractivity contribution in [3.8, 4) is 0 Å². The summed E-state index contributed by atoms with van der Waals surface area (Å²) in [6, 6.07) is 3.62. The summed E-state index contributed by atoms with van der Waals surface area (Å²) in [5.74, 6) is -0.428. The van der Waals surface area contributed by atoms with Crippen molar-refractivity contribution in [1.82, 2.24) is 29.8 Å². The van der Waals surface area contributed by atoms with Gasteiger partial charge in [-0.3, -0.25) is 9.78 Å². The highest BCUT2D eigenvalue weighted by atomic mass is 19.1. The topological polar surface area (TPSA) is 149 Å². The van der Waals surface area contributed by atoms with Crippen molar-refractivity contribution in [2.75, 3.05) is 36.6 Å². The lowest BCUT2D eigenvalue weighted by Crippen LogP contribution is -2.46. The van der Waals surface area contributed by atoms with E-state index >= 15 is 0 Å². The van der Waals surface area contributed by atoms with Crippen LogP contribution in [0.3, 0.4) is 0 Å². The summed E-state index contributed by atoms with van der Waals surface area (Å²) in [4.78, 5) is 34.7. The number of hydrogen-bond donors (Lipinski definition) is 5. The monoisotopic (exact) mass is 539 g/mol. The first kappa shape index (κ1) is 26.6. The molecule has 3 atom stereocenters. The minimum absolute atomic E-state index is 0.0195. The highest BCUT2D eigenvalue weighted by molar-refractivity contribution is 6.03. The number of nitrogens with zero attached hydrogens (tertiary/aromatic N) is 5. The van der Waals surface area contributed by atoms with Gasteiger partial charge < -0.3 is 31.3 Å². The summed E-state index contributed by atoms with van der Waals surface area (Å²) in [5.41, 5.74) is 1.45. The van der Waals surface area contributed by atoms with E-state index in [1.807, 2.05) is 20.2 Å². The van der Waals surface area contributed by atoms with Crippen molar-refractivity contribution in [1.29, 1.82) is 0 Å². The molecule has 2 fully saturated rings. The van der Waals surface area contributed by atoms with Crippen LogP contribution in [0.25, 0.3) is 5.65 Å². The smallest absolute Gasteiger partial charge is 0.404 e. The van der Waals surface area contributed by atoms with Crippen molar-refractivity contribution in [2.45, 2.75) is 56.7 Å². The number of carboxylic acid groups (broad SMARTS) is 1. The van der Waals surface area contributed by atoms with Gasteiger partial charge in [0.05, 0.1) is 23.8 Å². The highest BCUT2D eigenvalue weighted by Crippen LogP contribution is 2.32. The van der Waals surface area contributed by atoms with Gasteiger partial charge in [0.15, 0.2) is 17.2 Å². The Morgan fingerprint density at radius 1 is 1.13 bits per heavy atom. The number of rotatable bonds is 10. The van der Waals surface area contributed by atoms with Gasteiger partial charge in [-0.2, -0.15) is 0 Å². The molecule has 0 bridgehead atoms. The van der Waals surface area contributed by atoms with Crippen LogP contribution in [0, 0.1) is 11.7 Å². The van der Waals surface area contributed by atoms with E-state index in [0.29, 0.717) is 23.9 Å². The molecular formula is C26H34FN9O3. The van der Waals surface area contributed by atoms with E-state index in [2.05, 4.69) is 41.2 Å². The fourth-order valence-corrected chi connectivity index (χ4v) is 5.11. The molecule has 2 amide bonds. The SMILES string of the molecule is CN(C)CCC1C[C@H](Nc2cc(NC3CC3)c3ncc(C(=O)Nc4ccncc4F)n3n2)CC[C@H]1NC(=O)O. The molecule has 2 aliphatic rings. The third kappa shape index (κ3) is 6.53. The van der Waals surface area contributed by atoms with Crippen molar-refractivity contribution >= 4 is 34.8 Å². The lowest BCUT2D eigenvalue weighted by Gasteiger charge is -2.37. The number of aromatic nitrogens is 4. The van der Waals surface area contributed by atoms with Crippen LogP contribution in [0.5, 0.6) is 0 Å². The first-order valence-electron chi connectivity index (χ1n) is 13.2. The van der Waals surface area contributed by atoms with Gasteiger partial charge in [-0.05, 0) is 71.1 Å². The summed E-state index contributed by atoms with van der Waals surface area (Å²) in [6.07, 6.45) is 8.12. The molecule has 5 N–H and O–H groups in total. The van der Waals surface area contributed by atoms with E-state index < -0.39 is 17.8 Å². The van der Waals surface area contributed by atoms with Crippen LogP contribution in [0.2, 0.25) is 0 Å². The number of imidazole rings is 1. The van der Waals surface area contributed by atoms with Crippen molar-refractivity contribution in [3.63, 3.8) is 0 Å². The van der Waals surface area contributed by atoms with Crippen LogP contribution in [-0.4, -0.2) is 80.4 Å². The lowest BCUT2D eigenvalue weighted by molar-refractivity contribution is 0.101. The van der Waals surface area contributed by atoms with Gasteiger partial charge in [0.25, 0.3) is 5.91 Å². The summed E-state index contributed by atoms with van der Waals surface area (Å²) < 4.78 is 15.6. The number of carbonyl (C=O) groups is 2. The van der Waals surface area contributed by atoms with Crippen LogP contribution >= 0.6 is 0 Å². The molecule has 0 spiro atoms. The van der Waals surface area contributed by atoms with E-state index in [1.165, 1.54) is 23.0 Å². The molecular weight excluding hydrogens is 505 g/mol.